The highest BCUT2D eigenvalue weighted by Gasteiger charge is 2.34. The number of hydrogen-bond donors (Lipinski definition) is 2. The lowest BCUT2D eigenvalue weighted by Crippen LogP contribution is -2.47. The normalized spacial score (nSPS) is 17.1. The van der Waals surface area contributed by atoms with Crippen molar-refractivity contribution >= 4 is 35.0 Å². The number of fused-ring (bicyclic) bond motifs is 1. The minimum absolute atomic E-state index is 0.158. The molecule has 3 amide bonds. The highest BCUT2D eigenvalue weighted by Crippen LogP contribution is 2.29. The van der Waals surface area contributed by atoms with E-state index < -0.39 is 0 Å². The first-order valence-corrected chi connectivity index (χ1v) is 13.6. The third kappa shape index (κ3) is 6.28. The fourth-order valence-electron chi connectivity index (χ4n) is 4.90. The van der Waals surface area contributed by atoms with E-state index in [1.165, 1.54) is 22.6 Å². The molecule has 10 heteroatoms. The minimum atomic E-state index is -0.360. The van der Waals surface area contributed by atoms with Crippen LogP contribution >= 0.6 is 11.6 Å². The number of rotatable bonds is 10. The molecule has 0 radical (unpaired) electrons. The molecular weight excluding hydrogens is 532 g/mol. The molecule has 1 unspecified atom stereocenters. The Hall–Kier alpha value is -3.92. The summed E-state index contributed by atoms with van der Waals surface area (Å²) in [6, 6.07) is 20.0. The summed E-state index contributed by atoms with van der Waals surface area (Å²) >= 11 is 6.23. The van der Waals surface area contributed by atoms with E-state index in [2.05, 4.69) is 22.3 Å². The number of amides is 3. The van der Waals surface area contributed by atoms with Crippen LogP contribution in [0.4, 0.5) is 5.69 Å². The van der Waals surface area contributed by atoms with Gasteiger partial charge < -0.3 is 20.5 Å². The van der Waals surface area contributed by atoms with Crippen LogP contribution in [-0.2, 0) is 11.3 Å². The fraction of sp³-hybridized carbons (Fsp3) is 0.300. The molecule has 9 nitrogen and oxygen atoms in total. The summed E-state index contributed by atoms with van der Waals surface area (Å²) in [7, 11) is 0. The van der Waals surface area contributed by atoms with E-state index in [-0.39, 0.29) is 59.0 Å². The maximum Gasteiger partial charge on any atom is 0.261 e. The number of carbonyl (C=O) groups excluding carboxylic acids is 3. The Morgan fingerprint density at radius 2 is 1.75 bits per heavy atom. The van der Waals surface area contributed by atoms with Gasteiger partial charge in [-0.05, 0) is 30.2 Å². The first kappa shape index (κ1) is 27.6. The summed E-state index contributed by atoms with van der Waals surface area (Å²) < 4.78 is 11.8. The van der Waals surface area contributed by atoms with Crippen LogP contribution in [0.1, 0.15) is 43.1 Å². The third-order valence-electron chi connectivity index (χ3n) is 6.97. The van der Waals surface area contributed by atoms with Crippen LogP contribution in [0.25, 0.3) is 0 Å². The van der Waals surface area contributed by atoms with Gasteiger partial charge in [0.25, 0.3) is 17.7 Å². The van der Waals surface area contributed by atoms with Gasteiger partial charge in [-0.15, -0.1) is 0 Å². The van der Waals surface area contributed by atoms with E-state index in [1.807, 2.05) is 18.2 Å². The molecule has 3 N–H and O–H groups in total. The van der Waals surface area contributed by atoms with Crippen molar-refractivity contribution < 1.29 is 23.9 Å². The van der Waals surface area contributed by atoms with Crippen LogP contribution in [0, 0.1) is 0 Å². The number of ether oxygens (including phenoxy) is 2. The lowest BCUT2D eigenvalue weighted by atomic mass is 10.1. The van der Waals surface area contributed by atoms with Crippen LogP contribution in [0.15, 0.2) is 66.7 Å². The molecule has 3 aromatic rings. The maximum absolute atomic E-state index is 13.1. The molecule has 3 aromatic carbocycles. The zero-order chi connectivity index (χ0) is 28.1. The first-order chi connectivity index (χ1) is 19.4. The monoisotopic (exact) mass is 562 g/mol. The standard InChI is InChI=1S/C30H31ClN4O5/c31-25-15-24(28(36)33-17-21-19-34(12-14-39-21)18-20-7-2-1-3-8-20)27(16-26(25)32)40-13-6-11-35-29(37)22-9-4-5-10-23(22)30(35)38/h1-5,7-10,15-16,21H,6,11-14,17-19,32H2,(H,33,36). The van der Waals surface area contributed by atoms with Crippen molar-refractivity contribution in [3.63, 3.8) is 0 Å². The van der Waals surface area contributed by atoms with E-state index in [1.54, 1.807) is 24.3 Å². The number of nitrogen functional groups attached to an aromatic ring is 1. The molecule has 0 bridgehead atoms. The van der Waals surface area contributed by atoms with Gasteiger partial charge in [-0.2, -0.15) is 0 Å². The SMILES string of the molecule is Nc1cc(OCCCN2C(=O)c3ccccc3C2=O)c(C(=O)NCC2CN(Cc3ccccc3)CCO2)cc1Cl. The van der Waals surface area contributed by atoms with Gasteiger partial charge in [0.1, 0.15) is 5.75 Å². The zero-order valence-corrected chi connectivity index (χ0v) is 22.7. The van der Waals surface area contributed by atoms with Crippen molar-refractivity contribution in [2.24, 2.45) is 0 Å². The number of carbonyl (C=O) groups is 3. The molecule has 2 heterocycles. The molecule has 1 atom stereocenters. The van der Waals surface area contributed by atoms with E-state index in [0.29, 0.717) is 37.2 Å². The van der Waals surface area contributed by atoms with E-state index in [0.717, 1.165) is 13.1 Å². The Balaban J connectivity index is 1.15. The molecule has 1 fully saturated rings. The summed E-state index contributed by atoms with van der Waals surface area (Å²) in [5.74, 6) is -0.717. The van der Waals surface area contributed by atoms with Crippen molar-refractivity contribution in [3.05, 3.63) is 94.0 Å². The summed E-state index contributed by atoms with van der Waals surface area (Å²) in [6.45, 7) is 3.60. The van der Waals surface area contributed by atoms with Crippen LogP contribution in [0.3, 0.4) is 0 Å². The number of halogens is 1. The van der Waals surface area contributed by atoms with Crippen LogP contribution in [0.5, 0.6) is 5.75 Å². The predicted octanol–water partition coefficient (Wildman–Crippen LogP) is 3.62. The number of anilines is 1. The van der Waals surface area contributed by atoms with E-state index in [9.17, 15) is 14.4 Å². The van der Waals surface area contributed by atoms with Gasteiger partial charge in [0.15, 0.2) is 0 Å². The molecular formula is C30H31ClN4O5. The van der Waals surface area contributed by atoms with Gasteiger partial charge in [-0.1, -0.05) is 54.1 Å². The predicted molar refractivity (Wildman–Crippen MR) is 152 cm³/mol. The molecule has 40 heavy (non-hydrogen) atoms. The molecule has 0 aromatic heterocycles. The quantitative estimate of drug-likeness (QED) is 0.220. The Bertz CT molecular complexity index is 1370. The summed E-state index contributed by atoms with van der Waals surface area (Å²) in [4.78, 5) is 41.8. The van der Waals surface area contributed by atoms with Gasteiger partial charge in [0, 0.05) is 38.8 Å². The van der Waals surface area contributed by atoms with Crippen molar-refractivity contribution in [2.75, 3.05) is 45.1 Å². The van der Waals surface area contributed by atoms with Crippen molar-refractivity contribution in [1.29, 1.82) is 0 Å². The summed E-state index contributed by atoms with van der Waals surface area (Å²) in [5, 5.41) is 3.17. The van der Waals surface area contributed by atoms with Crippen molar-refractivity contribution in [1.82, 2.24) is 15.1 Å². The largest absolute Gasteiger partial charge is 0.493 e. The number of morpholine rings is 1. The van der Waals surface area contributed by atoms with Gasteiger partial charge in [0.2, 0.25) is 0 Å². The first-order valence-electron chi connectivity index (χ1n) is 13.2. The Morgan fingerprint density at radius 3 is 2.48 bits per heavy atom. The molecule has 1 saturated heterocycles. The molecule has 0 spiro atoms. The van der Waals surface area contributed by atoms with Crippen LogP contribution in [-0.4, -0.2) is 73.0 Å². The fourth-order valence-corrected chi connectivity index (χ4v) is 5.07. The third-order valence-corrected chi connectivity index (χ3v) is 7.29. The Kier molecular flexibility index (Phi) is 8.64. The number of nitrogens with zero attached hydrogens (tertiary/aromatic N) is 2. The Labute approximate surface area is 237 Å². The second kappa shape index (κ2) is 12.5. The second-order valence-electron chi connectivity index (χ2n) is 9.80. The zero-order valence-electron chi connectivity index (χ0n) is 22.0. The number of nitrogens with one attached hydrogen (secondary N) is 1. The second-order valence-corrected chi connectivity index (χ2v) is 10.2. The maximum atomic E-state index is 13.1. The van der Waals surface area contributed by atoms with Gasteiger partial charge in [0.05, 0.1) is 46.7 Å². The highest BCUT2D eigenvalue weighted by atomic mass is 35.5. The number of benzene rings is 3. The van der Waals surface area contributed by atoms with Gasteiger partial charge in [-0.3, -0.25) is 24.2 Å². The topological polar surface area (TPSA) is 114 Å². The molecule has 2 aliphatic rings. The highest BCUT2D eigenvalue weighted by molar-refractivity contribution is 6.33. The summed E-state index contributed by atoms with van der Waals surface area (Å²) in [5.41, 5.74) is 8.55. The number of nitrogens with two attached hydrogens (primary N) is 1. The Morgan fingerprint density at radius 1 is 1.05 bits per heavy atom. The molecule has 0 saturated carbocycles. The number of hydrogen-bond acceptors (Lipinski definition) is 7. The summed E-state index contributed by atoms with van der Waals surface area (Å²) in [6.07, 6.45) is 0.220. The lowest BCUT2D eigenvalue weighted by molar-refractivity contribution is -0.0292. The smallest absolute Gasteiger partial charge is 0.261 e. The van der Waals surface area contributed by atoms with Crippen LogP contribution in [0.2, 0.25) is 5.02 Å². The molecule has 208 valence electrons. The lowest BCUT2D eigenvalue weighted by Gasteiger charge is -2.33. The average molecular weight is 563 g/mol. The minimum Gasteiger partial charge on any atom is -0.493 e. The van der Waals surface area contributed by atoms with E-state index in [4.69, 9.17) is 26.8 Å². The van der Waals surface area contributed by atoms with Gasteiger partial charge in [-0.25, -0.2) is 0 Å². The van der Waals surface area contributed by atoms with Crippen molar-refractivity contribution in [2.45, 2.75) is 19.1 Å². The van der Waals surface area contributed by atoms with E-state index >= 15 is 0 Å². The molecule has 5 rings (SSSR count). The van der Waals surface area contributed by atoms with Crippen molar-refractivity contribution in [3.8, 4) is 5.75 Å². The molecule has 2 aliphatic heterocycles. The number of imide groups is 1. The molecule has 0 aliphatic carbocycles. The average Bonchev–Trinajstić information content (AvgIpc) is 3.21. The van der Waals surface area contributed by atoms with Crippen LogP contribution < -0.4 is 15.8 Å². The van der Waals surface area contributed by atoms with Gasteiger partial charge >= 0.3 is 0 Å².